The highest BCUT2D eigenvalue weighted by Crippen LogP contribution is 2.23. The summed E-state index contributed by atoms with van der Waals surface area (Å²) in [6.45, 7) is 16.7. The van der Waals surface area contributed by atoms with Gasteiger partial charge < -0.3 is 19.1 Å². The van der Waals surface area contributed by atoms with Gasteiger partial charge in [0, 0.05) is 32.0 Å². The normalized spacial score (nSPS) is 11.9. The Hall–Kier alpha value is -1.14. The Labute approximate surface area is 363 Å². The number of esters is 2. The molecule has 58 heavy (non-hydrogen) atoms. The molecular weight excluding hydrogens is 719 g/mol. The number of ether oxygens (including phenoxy) is 3. The van der Waals surface area contributed by atoms with Gasteiger partial charge in [0.25, 0.3) is 0 Å². The van der Waals surface area contributed by atoms with Gasteiger partial charge in [-0.05, 0) is 90.5 Å². The minimum absolute atomic E-state index is 0.0299. The highest BCUT2D eigenvalue weighted by Gasteiger charge is 2.16. The van der Waals surface area contributed by atoms with Gasteiger partial charge in [0.15, 0.2) is 0 Å². The number of unbranched alkanes of at least 4 members (excludes halogenated alkanes) is 20. The molecule has 0 N–H and O–H groups in total. The van der Waals surface area contributed by atoms with Gasteiger partial charge in [-0.25, -0.2) is 0 Å². The monoisotopic (exact) mass is 822 g/mol. The Bertz CT molecular complexity index is 787. The fraction of sp³-hybridized carbons (Fsp3) is 0.962. The van der Waals surface area contributed by atoms with Crippen LogP contribution in [0.1, 0.15) is 266 Å². The van der Waals surface area contributed by atoms with Crippen LogP contribution in [0.25, 0.3) is 0 Å². The third-order valence-electron chi connectivity index (χ3n) is 12.5. The second-order valence-electron chi connectivity index (χ2n) is 18.5. The zero-order valence-corrected chi connectivity index (χ0v) is 40.4. The summed E-state index contributed by atoms with van der Waals surface area (Å²) < 4.78 is 17.8. The summed E-state index contributed by atoms with van der Waals surface area (Å²) in [4.78, 5) is 27.5. The molecule has 0 fully saturated rings. The van der Waals surface area contributed by atoms with Gasteiger partial charge in [0.1, 0.15) is 0 Å². The molecule has 0 atom stereocenters. The fourth-order valence-corrected chi connectivity index (χ4v) is 8.24. The predicted octanol–water partition coefficient (Wildman–Crippen LogP) is 15.8. The van der Waals surface area contributed by atoms with Crippen molar-refractivity contribution in [2.45, 2.75) is 278 Å². The van der Waals surface area contributed by atoms with Crippen LogP contribution in [0.4, 0.5) is 0 Å². The Morgan fingerprint density at radius 2 is 0.741 bits per heavy atom. The lowest BCUT2D eigenvalue weighted by Gasteiger charge is -2.22. The van der Waals surface area contributed by atoms with E-state index in [2.05, 4.69) is 53.5 Å². The van der Waals surface area contributed by atoms with E-state index in [4.69, 9.17) is 14.2 Å². The SMILES string of the molecule is CCCCCC(CCCCC)CC(=O)OCCCCCCCCCC(CCCCCCCCCOC(=O)CC(CCCCC)CCCCC)OCCCN(C)C(C)C. The molecule has 0 bridgehead atoms. The number of nitrogens with zero attached hydrogens (tertiary/aromatic N) is 1. The van der Waals surface area contributed by atoms with E-state index in [9.17, 15) is 9.59 Å². The van der Waals surface area contributed by atoms with Crippen molar-refractivity contribution in [3.63, 3.8) is 0 Å². The van der Waals surface area contributed by atoms with Crippen LogP contribution in [-0.4, -0.2) is 62.4 Å². The number of hydrogen-bond donors (Lipinski definition) is 0. The Balaban J connectivity index is 4.22. The minimum Gasteiger partial charge on any atom is -0.466 e. The fourth-order valence-electron chi connectivity index (χ4n) is 8.24. The molecule has 6 heteroatoms. The summed E-state index contributed by atoms with van der Waals surface area (Å²) >= 11 is 0. The second kappa shape index (κ2) is 43.9. The van der Waals surface area contributed by atoms with Gasteiger partial charge in [0.05, 0.1) is 19.3 Å². The van der Waals surface area contributed by atoms with E-state index in [1.807, 2.05) is 0 Å². The lowest BCUT2D eigenvalue weighted by atomic mass is 9.92. The van der Waals surface area contributed by atoms with E-state index in [0.29, 0.717) is 50.0 Å². The first-order valence-electron chi connectivity index (χ1n) is 25.9. The number of rotatable bonds is 46. The molecule has 0 aliphatic heterocycles. The molecule has 6 nitrogen and oxygen atoms in total. The van der Waals surface area contributed by atoms with E-state index in [1.54, 1.807) is 0 Å². The molecule has 346 valence electrons. The van der Waals surface area contributed by atoms with Crippen LogP contribution in [0.3, 0.4) is 0 Å². The average molecular weight is 822 g/mol. The van der Waals surface area contributed by atoms with Crippen LogP contribution in [0.2, 0.25) is 0 Å². The van der Waals surface area contributed by atoms with Crippen LogP contribution in [0.5, 0.6) is 0 Å². The average Bonchev–Trinajstić information content (AvgIpc) is 3.20. The van der Waals surface area contributed by atoms with Crippen molar-refractivity contribution in [3.05, 3.63) is 0 Å². The highest BCUT2D eigenvalue weighted by atomic mass is 16.5. The first-order valence-corrected chi connectivity index (χ1v) is 25.9. The highest BCUT2D eigenvalue weighted by molar-refractivity contribution is 5.70. The maximum absolute atomic E-state index is 12.5. The Kier molecular flexibility index (Phi) is 43.1. The van der Waals surface area contributed by atoms with Crippen molar-refractivity contribution < 1.29 is 23.8 Å². The van der Waals surface area contributed by atoms with Gasteiger partial charge >= 0.3 is 11.9 Å². The summed E-state index contributed by atoms with van der Waals surface area (Å²) in [5, 5.41) is 0. The molecule has 0 radical (unpaired) electrons. The maximum Gasteiger partial charge on any atom is 0.306 e. The van der Waals surface area contributed by atoms with E-state index in [1.165, 1.54) is 180 Å². The van der Waals surface area contributed by atoms with Gasteiger partial charge in [-0.3, -0.25) is 9.59 Å². The Morgan fingerprint density at radius 3 is 1.09 bits per heavy atom. The van der Waals surface area contributed by atoms with Crippen LogP contribution in [0.15, 0.2) is 0 Å². The quantitative estimate of drug-likeness (QED) is 0.0450. The topological polar surface area (TPSA) is 65.1 Å². The van der Waals surface area contributed by atoms with Crippen molar-refractivity contribution >= 4 is 11.9 Å². The molecular formula is C52H103NO5. The van der Waals surface area contributed by atoms with Crippen LogP contribution < -0.4 is 0 Å². The van der Waals surface area contributed by atoms with Crippen molar-refractivity contribution in [2.24, 2.45) is 11.8 Å². The summed E-state index contributed by atoms with van der Waals surface area (Å²) in [6.07, 6.45) is 41.9. The standard InChI is InChI=1S/C52H103NO5/c1-8-12-26-35-48(36-27-13-9-2)45-51(54)57-42-32-24-20-16-18-22-30-39-50(56-44-34-41-53(7)47(5)6)40-31-23-19-17-21-25-33-43-58-52(55)46-49(37-28-14-10-3)38-29-15-11-4/h47-50H,8-46H2,1-7H3. The summed E-state index contributed by atoms with van der Waals surface area (Å²) in [5.74, 6) is 1.08. The summed E-state index contributed by atoms with van der Waals surface area (Å²) in [7, 11) is 2.21. The molecule has 0 saturated carbocycles. The van der Waals surface area contributed by atoms with Crippen molar-refractivity contribution in [1.82, 2.24) is 4.90 Å². The number of carbonyl (C=O) groups excluding carboxylic acids is 2. The van der Waals surface area contributed by atoms with E-state index in [0.717, 1.165) is 45.3 Å². The van der Waals surface area contributed by atoms with E-state index < -0.39 is 0 Å². The first-order chi connectivity index (χ1) is 28.3. The third-order valence-corrected chi connectivity index (χ3v) is 12.5. The van der Waals surface area contributed by atoms with Crippen molar-refractivity contribution in [1.29, 1.82) is 0 Å². The molecule has 0 saturated heterocycles. The molecule has 0 amide bonds. The summed E-state index contributed by atoms with van der Waals surface area (Å²) in [5.41, 5.74) is 0. The zero-order chi connectivity index (χ0) is 42.7. The van der Waals surface area contributed by atoms with Crippen LogP contribution >= 0.6 is 0 Å². The van der Waals surface area contributed by atoms with Gasteiger partial charge in [0.2, 0.25) is 0 Å². The van der Waals surface area contributed by atoms with Gasteiger partial charge in [-0.2, -0.15) is 0 Å². The molecule has 0 heterocycles. The van der Waals surface area contributed by atoms with Crippen LogP contribution in [-0.2, 0) is 23.8 Å². The van der Waals surface area contributed by atoms with Gasteiger partial charge in [-0.15, -0.1) is 0 Å². The van der Waals surface area contributed by atoms with Crippen LogP contribution in [0, 0.1) is 11.8 Å². The predicted molar refractivity (Wildman–Crippen MR) is 251 cm³/mol. The zero-order valence-electron chi connectivity index (χ0n) is 40.4. The minimum atomic E-state index is 0.0299. The lowest BCUT2D eigenvalue weighted by molar-refractivity contribution is -0.146. The molecule has 0 aromatic heterocycles. The second-order valence-corrected chi connectivity index (χ2v) is 18.5. The molecule has 0 aliphatic carbocycles. The molecule has 0 rings (SSSR count). The lowest BCUT2D eigenvalue weighted by Crippen LogP contribution is -2.28. The van der Waals surface area contributed by atoms with Gasteiger partial charge in [-0.1, -0.05) is 182 Å². The van der Waals surface area contributed by atoms with E-state index >= 15 is 0 Å². The largest absolute Gasteiger partial charge is 0.466 e. The smallest absolute Gasteiger partial charge is 0.306 e. The molecule has 0 aliphatic rings. The summed E-state index contributed by atoms with van der Waals surface area (Å²) in [6, 6.07) is 0.580. The first kappa shape index (κ1) is 56.9. The number of hydrogen-bond acceptors (Lipinski definition) is 6. The third kappa shape index (κ3) is 39.0. The maximum atomic E-state index is 12.5. The van der Waals surface area contributed by atoms with E-state index in [-0.39, 0.29) is 11.9 Å². The molecule has 0 spiro atoms. The molecule has 0 aromatic carbocycles. The number of carbonyl (C=O) groups is 2. The Morgan fingerprint density at radius 1 is 0.414 bits per heavy atom. The van der Waals surface area contributed by atoms with Crippen molar-refractivity contribution in [2.75, 3.05) is 33.4 Å². The molecule has 0 unspecified atom stereocenters. The molecule has 0 aromatic rings. The van der Waals surface area contributed by atoms with Crippen molar-refractivity contribution in [3.8, 4) is 0 Å².